The Labute approximate surface area is 225 Å². The van der Waals surface area contributed by atoms with E-state index in [1.807, 2.05) is 24.8 Å². The minimum atomic E-state index is -0.499. The molecule has 0 radical (unpaired) electrons. The number of allylic oxidation sites excluding steroid dienone is 4. The highest BCUT2D eigenvalue weighted by molar-refractivity contribution is 6.08. The summed E-state index contributed by atoms with van der Waals surface area (Å²) in [5.74, 6) is 4.30. The third-order valence-corrected chi connectivity index (χ3v) is 6.45. The highest BCUT2D eigenvalue weighted by atomic mass is 16.2. The minimum Gasteiger partial charge on any atom is -0.294 e. The fourth-order valence-corrected chi connectivity index (χ4v) is 4.54. The van der Waals surface area contributed by atoms with Crippen LogP contribution >= 0.6 is 0 Å². The molecule has 0 bridgehead atoms. The van der Waals surface area contributed by atoms with Gasteiger partial charge >= 0.3 is 0 Å². The quantitative estimate of drug-likeness (QED) is 0.111. The van der Waals surface area contributed by atoms with E-state index in [-0.39, 0.29) is 5.91 Å². The summed E-state index contributed by atoms with van der Waals surface area (Å²) in [7, 11) is 1.68. The van der Waals surface area contributed by atoms with Crippen molar-refractivity contribution in [1.82, 2.24) is 10.3 Å². The van der Waals surface area contributed by atoms with Gasteiger partial charge in [0, 0.05) is 25.8 Å². The molecule has 1 aliphatic heterocycles. The van der Waals surface area contributed by atoms with Crippen molar-refractivity contribution in [2.24, 2.45) is 15.1 Å². The second kappa shape index (κ2) is 17.3. The SMILES string of the molecule is C#C/C=C(C(=NC)NN=C)\C(=C/C)C/C=C\C(=C/C)CN1C(=O)C2(CCCC2)N=C1CCCC.CCC. The van der Waals surface area contributed by atoms with Crippen LogP contribution in [-0.2, 0) is 4.79 Å². The zero-order valence-corrected chi connectivity index (χ0v) is 23.9. The van der Waals surface area contributed by atoms with Crippen LogP contribution in [-0.4, -0.2) is 48.3 Å². The van der Waals surface area contributed by atoms with Crippen LogP contribution in [0.3, 0.4) is 0 Å². The molecule has 1 aliphatic carbocycles. The molecule has 1 amide bonds. The first-order chi connectivity index (χ1) is 17.9. The standard InChI is InChI=1S/C28H39N5O.C3H8/c1-7-11-18-25-31-28(19-12-13-20-28)27(34)33(25)21-22(9-3)16-14-17-23(10-4)24(15-8-2)26(29-5)32-30-6;1-3-2/h2,9-10,14-16H,6-7,11-13,17-21H2,1,3-5H3,(H,29,32);3H2,1-2H3/b16-14-,22-9+,23-10-,24-15+;. The molecule has 1 fully saturated rings. The highest BCUT2D eigenvalue weighted by Gasteiger charge is 2.49. The van der Waals surface area contributed by atoms with E-state index < -0.39 is 5.54 Å². The first kappa shape index (κ1) is 31.8. The number of carbonyl (C=O) groups excluding carboxylic acids is 1. The predicted molar refractivity (Wildman–Crippen MR) is 160 cm³/mol. The van der Waals surface area contributed by atoms with E-state index in [4.69, 9.17) is 11.4 Å². The Morgan fingerprint density at radius 2 is 1.92 bits per heavy atom. The molecule has 1 saturated carbocycles. The topological polar surface area (TPSA) is 69.4 Å². The largest absolute Gasteiger partial charge is 0.294 e. The van der Waals surface area contributed by atoms with Gasteiger partial charge in [0.25, 0.3) is 5.91 Å². The molecule has 2 aliphatic rings. The molecule has 2 rings (SSSR count). The maximum atomic E-state index is 13.4. The normalized spacial score (nSPS) is 18.1. The summed E-state index contributed by atoms with van der Waals surface area (Å²) in [6.45, 7) is 14.4. The third kappa shape index (κ3) is 9.00. The maximum Gasteiger partial charge on any atom is 0.256 e. The van der Waals surface area contributed by atoms with Gasteiger partial charge in [0.2, 0.25) is 0 Å². The Morgan fingerprint density at radius 3 is 2.43 bits per heavy atom. The Morgan fingerprint density at radius 1 is 1.24 bits per heavy atom. The van der Waals surface area contributed by atoms with Crippen molar-refractivity contribution >= 4 is 24.3 Å². The predicted octanol–water partition coefficient (Wildman–Crippen LogP) is 6.78. The summed E-state index contributed by atoms with van der Waals surface area (Å²) in [4.78, 5) is 24.6. The summed E-state index contributed by atoms with van der Waals surface area (Å²) in [5.41, 5.74) is 5.22. The Kier molecular flexibility index (Phi) is 14.9. The number of nitrogens with one attached hydrogen (secondary N) is 1. The summed E-state index contributed by atoms with van der Waals surface area (Å²) in [6, 6.07) is 0. The number of hydrogen-bond donors (Lipinski definition) is 1. The lowest BCUT2D eigenvalue weighted by Crippen LogP contribution is -2.41. The molecule has 1 heterocycles. The van der Waals surface area contributed by atoms with Gasteiger partial charge in [-0.2, -0.15) is 5.10 Å². The number of carbonyl (C=O) groups is 1. The average molecular weight is 506 g/mol. The van der Waals surface area contributed by atoms with Gasteiger partial charge in [-0.15, -0.1) is 6.42 Å². The van der Waals surface area contributed by atoms with Crippen molar-refractivity contribution in [3.63, 3.8) is 0 Å². The van der Waals surface area contributed by atoms with Gasteiger partial charge in [-0.3, -0.25) is 25.1 Å². The second-order valence-corrected chi connectivity index (χ2v) is 9.32. The molecule has 6 nitrogen and oxygen atoms in total. The van der Waals surface area contributed by atoms with Gasteiger partial charge in [-0.25, -0.2) is 0 Å². The van der Waals surface area contributed by atoms with Crippen LogP contribution in [0.1, 0.15) is 92.4 Å². The van der Waals surface area contributed by atoms with Gasteiger partial charge in [-0.05, 0) is 56.8 Å². The van der Waals surface area contributed by atoms with Crippen LogP contribution in [0.15, 0.2) is 62.2 Å². The zero-order chi connectivity index (χ0) is 27.7. The fourth-order valence-electron chi connectivity index (χ4n) is 4.54. The lowest BCUT2D eigenvalue weighted by atomic mass is 9.98. The molecule has 202 valence electrons. The number of terminal acetylenes is 1. The van der Waals surface area contributed by atoms with E-state index >= 15 is 0 Å². The summed E-state index contributed by atoms with van der Waals surface area (Å²) >= 11 is 0. The van der Waals surface area contributed by atoms with Gasteiger partial charge < -0.3 is 0 Å². The van der Waals surface area contributed by atoms with Crippen molar-refractivity contribution in [1.29, 1.82) is 0 Å². The van der Waals surface area contributed by atoms with Gasteiger partial charge in [0.05, 0.1) is 6.54 Å². The zero-order valence-electron chi connectivity index (χ0n) is 23.9. The number of amidine groups is 2. The minimum absolute atomic E-state index is 0.184. The van der Waals surface area contributed by atoms with Crippen LogP contribution in [0.4, 0.5) is 0 Å². The number of rotatable bonds is 11. The number of nitrogens with zero attached hydrogens (tertiary/aromatic N) is 4. The number of hydrazone groups is 1. The Balaban J connectivity index is 0.00000217. The summed E-state index contributed by atoms with van der Waals surface area (Å²) < 4.78 is 0. The van der Waals surface area contributed by atoms with Crippen molar-refractivity contribution in [2.45, 2.75) is 97.9 Å². The molecule has 0 aromatic rings. The average Bonchev–Trinajstić information content (AvgIpc) is 3.47. The van der Waals surface area contributed by atoms with E-state index in [0.29, 0.717) is 18.8 Å². The highest BCUT2D eigenvalue weighted by Crippen LogP contribution is 2.39. The number of aliphatic imine (C=N–C) groups is 2. The van der Waals surface area contributed by atoms with Crippen molar-refractivity contribution < 1.29 is 4.79 Å². The van der Waals surface area contributed by atoms with Crippen molar-refractivity contribution in [2.75, 3.05) is 13.6 Å². The van der Waals surface area contributed by atoms with Crippen LogP contribution in [0.25, 0.3) is 0 Å². The molecular weight excluding hydrogens is 458 g/mol. The summed E-state index contributed by atoms with van der Waals surface area (Å²) in [5, 5.41) is 3.73. The molecule has 0 unspecified atom stereocenters. The molecule has 0 atom stereocenters. The van der Waals surface area contributed by atoms with Crippen LogP contribution in [0, 0.1) is 12.3 Å². The van der Waals surface area contributed by atoms with E-state index in [9.17, 15) is 4.79 Å². The molecule has 1 spiro atoms. The Bertz CT molecular complexity index is 982. The maximum absolute atomic E-state index is 13.4. The van der Waals surface area contributed by atoms with Crippen LogP contribution < -0.4 is 5.43 Å². The van der Waals surface area contributed by atoms with Gasteiger partial charge in [0.1, 0.15) is 17.2 Å². The van der Waals surface area contributed by atoms with Gasteiger partial charge in [0.15, 0.2) is 0 Å². The molecule has 0 aromatic heterocycles. The Hall–Kier alpha value is -3.20. The first-order valence-electron chi connectivity index (χ1n) is 13.6. The molecule has 6 heteroatoms. The second-order valence-electron chi connectivity index (χ2n) is 9.32. The molecule has 0 aromatic carbocycles. The lowest BCUT2D eigenvalue weighted by Gasteiger charge is -2.23. The monoisotopic (exact) mass is 505 g/mol. The van der Waals surface area contributed by atoms with E-state index in [2.05, 4.69) is 67.2 Å². The van der Waals surface area contributed by atoms with Crippen molar-refractivity contribution in [3.05, 3.63) is 47.1 Å². The number of hydrogen-bond acceptors (Lipinski definition) is 4. The molecule has 37 heavy (non-hydrogen) atoms. The summed E-state index contributed by atoms with van der Waals surface area (Å²) in [6.07, 6.45) is 24.3. The van der Waals surface area contributed by atoms with Crippen LogP contribution in [0.2, 0.25) is 0 Å². The molecule has 1 N–H and O–H groups in total. The lowest BCUT2D eigenvalue weighted by molar-refractivity contribution is -0.130. The number of unbranched alkanes of at least 4 members (excludes halogenated alkanes) is 1. The fraction of sp³-hybridized carbons (Fsp3) is 0.548. The van der Waals surface area contributed by atoms with Crippen LogP contribution in [0.5, 0.6) is 0 Å². The van der Waals surface area contributed by atoms with E-state index in [0.717, 1.165) is 67.5 Å². The number of amides is 1. The van der Waals surface area contributed by atoms with Gasteiger partial charge in [-0.1, -0.05) is 76.7 Å². The molecular formula is C31H47N5O. The first-order valence-corrected chi connectivity index (χ1v) is 13.6. The van der Waals surface area contributed by atoms with E-state index in [1.165, 1.54) is 6.42 Å². The third-order valence-electron chi connectivity index (χ3n) is 6.45. The van der Waals surface area contributed by atoms with Crippen molar-refractivity contribution in [3.8, 4) is 12.3 Å². The smallest absolute Gasteiger partial charge is 0.256 e. The van der Waals surface area contributed by atoms with E-state index in [1.54, 1.807) is 13.1 Å². The molecule has 0 saturated heterocycles.